The van der Waals surface area contributed by atoms with Gasteiger partial charge in [-0.1, -0.05) is 83.4 Å². The molecule has 0 spiro atoms. The maximum Gasteiger partial charge on any atom is 0.310 e. The average Bonchev–Trinajstić information content (AvgIpc) is 3.60. The van der Waals surface area contributed by atoms with Crippen molar-refractivity contribution in [2.45, 2.75) is 103 Å². The topological polar surface area (TPSA) is 79.3 Å². The number of carbonyl (C=O) groups excluding carboxylic acids is 1. The fourth-order valence-corrected chi connectivity index (χ4v) is 5.51. The van der Waals surface area contributed by atoms with Crippen LogP contribution < -0.4 is 5.32 Å². The molecule has 1 saturated carbocycles. The summed E-state index contributed by atoms with van der Waals surface area (Å²) >= 11 is 1.66. The summed E-state index contributed by atoms with van der Waals surface area (Å²) in [6, 6.07) is 7.68. The molecule has 1 amide bonds. The van der Waals surface area contributed by atoms with Crippen LogP contribution in [0.25, 0.3) is 12.2 Å². The summed E-state index contributed by atoms with van der Waals surface area (Å²) in [5, 5.41) is 16.3. The van der Waals surface area contributed by atoms with Gasteiger partial charge in [0.25, 0.3) is 0 Å². The van der Waals surface area contributed by atoms with E-state index in [0.29, 0.717) is 24.4 Å². The van der Waals surface area contributed by atoms with E-state index in [4.69, 9.17) is 4.98 Å². The zero-order chi connectivity index (χ0) is 25.8. The lowest BCUT2D eigenvalue weighted by molar-refractivity contribution is -0.152. The van der Waals surface area contributed by atoms with E-state index >= 15 is 0 Å². The Hall–Kier alpha value is -2.47. The van der Waals surface area contributed by atoms with Gasteiger partial charge in [0.05, 0.1) is 11.1 Å². The van der Waals surface area contributed by atoms with Crippen LogP contribution in [0.2, 0.25) is 0 Å². The average molecular weight is 511 g/mol. The third-order valence-corrected chi connectivity index (χ3v) is 7.92. The molecule has 2 N–H and O–H groups in total. The standard InChI is InChI=1S/C30H42N2O3S/c1-3-5-7-9-18-30(29(34)35,19-10-8-6-4-2)21-27(33)31-25-13-11-12-23(20-25)14-17-28-32-26(22-36-28)24-15-16-24/h11-14,17,20,22,24H,3-10,15-16,18-19,21H2,1-2H3,(H,31,33)(H,34,35). The second-order valence-corrected chi connectivity index (χ2v) is 11.2. The summed E-state index contributed by atoms with van der Waals surface area (Å²) in [6.45, 7) is 4.29. The van der Waals surface area contributed by atoms with Gasteiger partial charge < -0.3 is 10.4 Å². The van der Waals surface area contributed by atoms with Gasteiger partial charge in [-0.15, -0.1) is 11.3 Å². The van der Waals surface area contributed by atoms with Crippen molar-refractivity contribution in [1.82, 2.24) is 4.98 Å². The summed E-state index contributed by atoms with van der Waals surface area (Å²) in [4.78, 5) is 30.2. The van der Waals surface area contributed by atoms with E-state index in [2.05, 4.69) is 24.5 Å². The number of carbonyl (C=O) groups is 2. The number of aliphatic carboxylic acids is 1. The van der Waals surface area contributed by atoms with Crippen molar-refractivity contribution in [1.29, 1.82) is 0 Å². The second kappa shape index (κ2) is 14.3. The highest BCUT2D eigenvalue weighted by atomic mass is 32.1. The minimum atomic E-state index is -0.993. The van der Waals surface area contributed by atoms with Crippen LogP contribution >= 0.6 is 11.3 Å². The number of aromatic nitrogens is 1. The smallest absolute Gasteiger partial charge is 0.310 e. The van der Waals surface area contributed by atoms with Crippen LogP contribution in [-0.2, 0) is 9.59 Å². The molecule has 1 aromatic heterocycles. The van der Waals surface area contributed by atoms with Crippen molar-refractivity contribution >= 4 is 41.1 Å². The molecule has 1 heterocycles. The SMILES string of the molecule is CCCCCCC(CCCCCC)(CC(=O)Nc1cccc(C=Cc2nc(C3CC3)cs2)c1)C(=O)O. The molecular weight excluding hydrogens is 468 g/mol. The zero-order valence-electron chi connectivity index (χ0n) is 21.9. The molecule has 0 saturated heterocycles. The maximum absolute atomic E-state index is 13.1. The first-order chi connectivity index (χ1) is 17.5. The maximum atomic E-state index is 13.1. The van der Waals surface area contributed by atoms with Crippen molar-refractivity contribution in [2.24, 2.45) is 5.41 Å². The van der Waals surface area contributed by atoms with Gasteiger partial charge in [-0.25, -0.2) is 4.98 Å². The Bertz CT molecular complexity index is 997. The molecule has 0 unspecified atom stereocenters. The number of unbranched alkanes of at least 4 members (excludes halogenated alkanes) is 6. The summed E-state index contributed by atoms with van der Waals surface area (Å²) in [5.74, 6) is -0.409. The number of benzene rings is 1. The lowest BCUT2D eigenvalue weighted by Gasteiger charge is -2.29. The normalized spacial score (nSPS) is 13.8. The predicted octanol–water partition coefficient (Wildman–Crippen LogP) is 8.53. The summed E-state index contributed by atoms with van der Waals surface area (Å²) in [5.41, 5.74) is 1.87. The summed E-state index contributed by atoms with van der Waals surface area (Å²) in [6.07, 6.45) is 15.8. The molecule has 1 aliphatic carbocycles. The van der Waals surface area contributed by atoms with E-state index in [1.54, 1.807) is 11.3 Å². The molecule has 1 aliphatic rings. The Labute approximate surface area is 220 Å². The third kappa shape index (κ3) is 8.88. The highest BCUT2D eigenvalue weighted by Crippen LogP contribution is 2.40. The zero-order valence-corrected chi connectivity index (χ0v) is 22.7. The second-order valence-electron chi connectivity index (χ2n) is 10.3. The van der Waals surface area contributed by atoms with Crippen molar-refractivity contribution in [3.05, 3.63) is 45.9 Å². The highest BCUT2D eigenvalue weighted by Gasteiger charge is 2.39. The minimum absolute atomic E-state index is 0.0176. The molecule has 196 valence electrons. The van der Waals surface area contributed by atoms with Crippen LogP contribution in [0.5, 0.6) is 0 Å². The number of nitrogens with zero attached hydrogens (tertiary/aromatic N) is 1. The van der Waals surface area contributed by atoms with E-state index in [0.717, 1.165) is 61.9 Å². The van der Waals surface area contributed by atoms with Crippen LogP contribution in [0.1, 0.15) is 120 Å². The molecule has 1 fully saturated rings. The van der Waals surface area contributed by atoms with E-state index in [9.17, 15) is 14.7 Å². The molecule has 1 aromatic carbocycles. The number of nitrogens with one attached hydrogen (secondary N) is 1. The molecule has 0 aliphatic heterocycles. The summed E-state index contributed by atoms with van der Waals surface area (Å²) < 4.78 is 0. The number of hydrogen-bond acceptors (Lipinski definition) is 4. The Morgan fingerprint density at radius 3 is 2.36 bits per heavy atom. The lowest BCUT2D eigenvalue weighted by Crippen LogP contribution is -2.35. The Morgan fingerprint density at radius 2 is 1.75 bits per heavy atom. The van der Waals surface area contributed by atoms with Crippen molar-refractivity contribution in [2.75, 3.05) is 5.32 Å². The molecule has 2 aromatic rings. The number of amides is 1. The fraction of sp³-hybridized carbons (Fsp3) is 0.567. The predicted molar refractivity (Wildman–Crippen MR) is 150 cm³/mol. The van der Waals surface area contributed by atoms with Gasteiger partial charge in [-0.2, -0.15) is 0 Å². The van der Waals surface area contributed by atoms with Gasteiger partial charge in [0, 0.05) is 23.4 Å². The first-order valence-corrected chi connectivity index (χ1v) is 14.6. The fourth-order valence-electron chi connectivity index (χ4n) is 4.72. The van der Waals surface area contributed by atoms with Crippen LogP contribution in [0.15, 0.2) is 29.6 Å². The van der Waals surface area contributed by atoms with E-state index in [-0.39, 0.29) is 12.3 Å². The van der Waals surface area contributed by atoms with Crippen LogP contribution in [-0.4, -0.2) is 22.0 Å². The van der Waals surface area contributed by atoms with Gasteiger partial charge in [-0.3, -0.25) is 9.59 Å². The number of carboxylic acid groups (broad SMARTS) is 1. The molecule has 0 radical (unpaired) electrons. The van der Waals surface area contributed by atoms with Gasteiger partial charge in [-0.05, 0) is 49.5 Å². The van der Waals surface area contributed by atoms with Crippen LogP contribution in [0.3, 0.4) is 0 Å². The lowest BCUT2D eigenvalue weighted by atomic mass is 9.75. The highest BCUT2D eigenvalue weighted by molar-refractivity contribution is 7.10. The molecule has 0 atom stereocenters. The van der Waals surface area contributed by atoms with Gasteiger partial charge in [0.1, 0.15) is 5.01 Å². The first kappa shape index (κ1) is 28.1. The van der Waals surface area contributed by atoms with Gasteiger partial charge >= 0.3 is 5.97 Å². The Morgan fingerprint density at radius 1 is 1.06 bits per heavy atom. The first-order valence-electron chi connectivity index (χ1n) is 13.7. The van der Waals surface area contributed by atoms with E-state index in [1.807, 2.05) is 36.4 Å². The number of rotatable bonds is 17. The number of carboxylic acids is 1. The quantitative estimate of drug-likeness (QED) is 0.209. The molecule has 0 bridgehead atoms. The molecular formula is C30H42N2O3S. The van der Waals surface area contributed by atoms with Crippen molar-refractivity contribution < 1.29 is 14.7 Å². The number of thiazole rings is 1. The van der Waals surface area contributed by atoms with E-state index in [1.165, 1.54) is 18.5 Å². The van der Waals surface area contributed by atoms with Crippen molar-refractivity contribution in [3.63, 3.8) is 0 Å². The molecule has 36 heavy (non-hydrogen) atoms. The van der Waals surface area contributed by atoms with Crippen molar-refractivity contribution in [3.8, 4) is 0 Å². The van der Waals surface area contributed by atoms with Gasteiger partial charge in [0.15, 0.2) is 0 Å². The Balaban J connectivity index is 1.63. The third-order valence-electron chi connectivity index (χ3n) is 7.09. The molecule has 6 heteroatoms. The van der Waals surface area contributed by atoms with Crippen LogP contribution in [0.4, 0.5) is 5.69 Å². The summed E-state index contributed by atoms with van der Waals surface area (Å²) in [7, 11) is 0. The number of anilines is 1. The monoisotopic (exact) mass is 510 g/mol. The number of hydrogen-bond donors (Lipinski definition) is 2. The van der Waals surface area contributed by atoms with Crippen LogP contribution in [0, 0.1) is 5.41 Å². The Kier molecular flexibility index (Phi) is 11.2. The van der Waals surface area contributed by atoms with E-state index < -0.39 is 11.4 Å². The minimum Gasteiger partial charge on any atom is -0.481 e. The molecule has 3 rings (SSSR count). The molecule has 5 nitrogen and oxygen atoms in total. The van der Waals surface area contributed by atoms with Gasteiger partial charge in [0.2, 0.25) is 5.91 Å². The largest absolute Gasteiger partial charge is 0.481 e.